The highest BCUT2D eigenvalue weighted by Crippen LogP contribution is 2.38. The van der Waals surface area contributed by atoms with Crippen molar-refractivity contribution in [2.75, 3.05) is 0 Å². The zero-order chi connectivity index (χ0) is 86.2. The van der Waals surface area contributed by atoms with Crippen molar-refractivity contribution >= 4 is 53.9 Å². The topological polar surface area (TPSA) is 19.4 Å². The Hall–Kier alpha value is -10.8. The Morgan fingerprint density at radius 1 is 0.274 bits per heavy atom. The van der Waals surface area contributed by atoms with Crippen LogP contribution in [0.15, 0.2) is 219 Å². The first-order valence-corrected chi connectivity index (χ1v) is 40.4. The fourth-order valence-corrected chi connectivity index (χ4v) is 16.5. The molecule has 0 bridgehead atoms. The lowest BCUT2D eigenvalue weighted by Crippen LogP contribution is -2.30. The normalized spacial score (nSPS) is 12.7. The second-order valence-corrected chi connectivity index (χ2v) is 33.5. The monoisotopic (exact) mass is 1500 g/mol. The molecule has 1 unspecified atom stereocenters. The minimum absolute atomic E-state index is 0.506. The number of hydrogen-bond donors (Lipinski definition) is 0. The number of aryl methyl sites for hydroxylation is 15. The van der Waals surface area contributed by atoms with Crippen LogP contribution in [0.4, 0.5) is 0 Å². The van der Waals surface area contributed by atoms with Gasteiger partial charge in [0.15, 0.2) is 31.0 Å². The quantitative estimate of drug-likeness (QED) is 0.122. The van der Waals surface area contributed by atoms with Gasteiger partial charge in [0.2, 0.25) is 28.5 Å². The summed E-state index contributed by atoms with van der Waals surface area (Å²) in [5, 5.41) is 12.3. The maximum absolute atomic E-state index is 8.38. The number of hydrogen-bond acceptors (Lipinski definition) is 0. The number of aromatic nitrogens is 5. The van der Waals surface area contributed by atoms with Crippen LogP contribution in [0.5, 0.6) is 0 Å². The first kappa shape index (κ1) is 76.2. The van der Waals surface area contributed by atoms with Crippen molar-refractivity contribution in [1.82, 2.24) is 0 Å². The number of benzene rings is 10. The zero-order valence-electron chi connectivity index (χ0n) is 77.9. The molecule has 578 valence electrons. The van der Waals surface area contributed by atoms with Crippen LogP contribution in [0.3, 0.4) is 0 Å². The predicted octanol–water partition coefficient (Wildman–Crippen LogP) is 25.9. The van der Waals surface area contributed by atoms with Crippen LogP contribution in [0.25, 0.3) is 110 Å². The molecule has 1 atom stereocenters. The van der Waals surface area contributed by atoms with Crippen LogP contribution in [-0.4, -0.2) is 0 Å². The summed E-state index contributed by atoms with van der Waals surface area (Å²) >= 11 is 0. The van der Waals surface area contributed by atoms with E-state index in [1.54, 1.807) is 6.07 Å². The van der Waals surface area contributed by atoms with Crippen molar-refractivity contribution in [2.45, 2.75) is 183 Å². The van der Waals surface area contributed by atoms with Crippen molar-refractivity contribution in [2.24, 2.45) is 41.2 Å². The van der Waals surface area contributed by atoms with Crippen molar-refractivity contribution in [3.8, 4) is 56.3 Å². The Balaban J connectivity index is 0.000000145. The minimum atomic E-state index is -2.38. The molecule has 5 heteroatoms. The molecule has 0 spiro atoms. The summed E-state index contributed by atoms with van der Waals surface area (Å²) in [6.45, 7) is 44.7. The number of nitrogens with zero attached hydrogens (tertiary/aromatic N) is 5. The summed E-state index contributed by atoms with van der Waals surface area (Å²) in [7, 11) is 10.5. The lowest BCUT2D eigenvalue weighted by molar-refractivity contribution is -0.659. The molecule has 0 aliphatic heterocycles. The highest BCUT2D eigenvalue weighted by molar-refractivity contribution is 5.98. The highest BCUT2D eigenvalue weighted by atomic mass is 14.9. The molecular weight excluding hydrogens is 1370 g/mol. The van der Waals surface area contributed by atoms with Gasteiger partial charge in [-0.1, -0.05) is 180 Å². The maximum atomic E-state index is 8.38. The Morgan fingerprint density at radius 3 is 0.841 bits per heavy atom. The zero-order valence-corrected chi connectivity index (χ0v) is 72.9. The molecule has 10 aromatic carbocycles. The van der Waals surface area contributed by atoms with E-state index in [1.165, 1.54) is 195 Å². The molecule has 0 N–H and O–H groups in total. The summed E-state index contributed by atoms with van der Waals surface area (Å²) in [4.78, 5) is 0. The van der Waals surface area contributed by atoms with E-state index in [-0.39, 0.29) is 0 Å². The molecule has 0 saturated heterocycles. The molecule has 0 fully saturated rings. The van der Waals surface area contributed by atoms with Crippen LogP contribution in [0.2, 0.25) is 0 Å². The second kappa shape index (κ2) is 35.1. The fraction of sp³-hybridized carbons (Fsp3) is 0.306. The third-order valence-electron chi connectivity index (χ3n) is 23.3. The van der Waals surface area contributed by atoms with E-state index in [2.05, 4.69) is 371 Å². The van der Waals surface area contributed by atoms with Gasteiger partial charge in [-0.3, -0.25) is 0 Å². The van der Waals surface area contributed by atoms with Gasteiger partial charge in [0.05, 0.1) is 54.7 Å². The Kier molecular flexibility index (Phi) is 23.7. The van der Waals surface area contributed by atoms with E-state index in [0.717, 1.165) is 28.5 Å². The van der Waals surface area contributed by atoms with Crippen molar-refractivity contribution in [1.29, 1.82) is 0 Å². The van der Waals surface area contributed by atoms with E-state index >= 15 is 0 Å². The third kappa shape index (κ3) is 18.3. The highest BCUT2D eigenvalue weighted by Gasteiger charge is 2.25. The average molecular weight is 1500 g/mol. The summed E-state index contributed by atoms with van der Waals surface area (Å²) in [5.41, 5.74) is 36.9. The molecule has 0 aliphatic carbocycles. The smallest absolute Gasteiger partial charge is 0.200 e. The van der Waals surface area contributed by atoms with E-state index in [9.17, 15) is 0 Å². The Morgan fingerprint density at radius 2 is 0.540 bits per heavy atom. The van der Waals surface area contributed by atoms with Gasteiger partial charge in [-0.2, -0.15) is 0 Å². The van der Waals surface area contributed by atoms with Gasteiger partial charge in [-0.05, 0) is 299 Å². The Bertz CT molecular complexity index is 6350. The fourth-order valence-electron chi connectivity index (χ4n) is 16.5. The summed E-state index contributed by atoms with van der Waals surface area (Å²) < 4.78 is 50.8. The average Bonchev–Trinajstić information content (AvgIpc) is 0.748. The molecule has 113 heavy (non-hydrogen) atoms. The SMILES string of the molecule is Cc1cc(C)c(C)c(-c2c3ccc(C(C)C)cc3cc[n+]2C)c1.Cc1cc(C)c(C)c(-c2c3ccc(CC(C)C)cc3cc[n+]2C)c1.Cc1cc(C)c(C)c(-c2c3ccccc3cc[n+]2C)c1.[2H]C(C)(C)c1ccc2c(-c3cc(C)cc(C)c3C)[n+](C)ccc2c1.[2H]C([2H])([2H])C([2H])(C)c1ccc2c(-c3cc(C)cc(C)c3C)[n+](C)ccc2c1. The van der Waals surface area contributed by atoms with Gasteiger partial charge < -0.3 is 0 Å². The predicted molar refractivity (Wildman–Crippen MR) is 485 cm³/mol. The van der Waals surface area contributed by atoms with Gasteiger partial charge in [-0.25, -0.2) is 22.8 Å². The van der Waals surface area contributed by atoms with Gasteiger partial charge in [0.25, 0.3) is 0 Å². The van der Waals surface area contributed by atoms with Crippen molar-refractivity contribution < 1.29 is 29.7 Å². The van der Waals surface area contributed by atoms with Crippen LogP contribution in [0, 0.1) is 110 Å². The third-order valence-corrected chi connectivity index (χ3v) is 23.3. The molecule has 0 amide bonds. The number of rotatable bonds is 10. The van der Waals surface area contributed by atoms with E-state index in [4.69, 9.17) is 6.85 Å². The van der Waals surface area contributed by atoms with Gasteiger partial charge in [0, 0.05) is 37.2 Å². The molecule has 5 nitrogen and oxygen atoms in total. The molecule has 0 radical (unpaired) electrons. The van der Waals surface area contributed by atoms with Gasteiger partial charge in [0.1, 0.15) is 35.2 Å². The van der Waals surface area contributed by atoms with Crippen LogP contribution < -0.4 is 22.8 Å². The summed E-state index contributed by atoms with van der Waals surface area (Å²) in [5.74, 6) is -0.986. The van der Waals surface area contributed by atoms with Crippen LogP contribution >= 0.6 is 0 Å². The van der Waals surface area contributed by atoms with Crippen molar-refractivity contribution in [3.05, 3.63) is 325 Å². The van der Waals surface area contributed by atoms with Crippen molar-refractivity contribution in [3.63, 3.8) is 0 Å². The summed E-state index contributed by atoms with van der Waals surface area (Å²) in [6.07, 6.45) is 11.8. The lowest BCUT2D eigenvalue weighted by Gasteiger charge is -2.12. The minimum Gasteiger partial charge on any atom is -0.200 e. The number of fused-ring (bicyclic) bond motifs is 5. The van der Waals surface area contributed by atoms with Crippen LogP contribution in [0.1, 0.15) is 186 Å². The standard InChI is InChI=1S/C23H28N.3C22H26N.C19H20N/c1-15(2)11-19-7-8-21-20(14-19)9-10-24(6)23(21)22-13-16(3)12-17(4)18(22)5;3*1-14(2)18-7-8-20-19(13-18)9-10-23(6)22(20)21-12-15(3)11-16(4)17(21)5;1-13-11-14(2)15(3)18(12-13)19-17-8-6-5-7-16(17)9-10-20(19)4/h7-10,12-15H,11H2,1-6H3;3*7-14H,1-6H3;5-12H,1-4H3/q5*+1/i;1D3,14D;14D;;. The molecule has 5 heterocycles. The molecule has 0 saturated carbocycles. The lowest BCUT2D eigenvalue weighted by atomic mass is 9.93. The van der Waals surface area contributed by atoms with E-state index in [0.29, 0.717) is 17.4 Å². The number of pyridine rings is 5. The van der Waals surface area contributed by atoms with E-state index < -0.39 is 18.6 Å². The van der Waals surface area contributed by atoms with Gasteiger partial charge >= 0.3 is 0 Å². The molecule has 0 aliphatic rings. The first-order chi connectivity index (χ1) is 55.4. The molecule has 5 aromatic heterocycles. The maximum Gasteiger partial charge on any atom is 0.220 e. The molecule has 15 aromatic rings. The van der Waals surface area contributed by atoms with E-state index in [1.807, 2.05) is 45.3 Å². The van der Waals surface area contributed by atoms with Gasteiger partial charge in [-0.15, -0.1) is 0 Å². The first-order valence-electron chi connectivity index (χ1n) is 42.9. The largest absolute Gasteiger partial charge is 0.220 e. The second-order valence-electron chi connectivity index (χ2n) is 33.5. The molecular formula is C108H126N5+5. The summed E-state index contributed by atoms with van der Waals surface area (Å²) in [6, 6.07) is 67.8. The molecule has 15 rings (SSSR count). The van der Waals surface area contributed by atoms with Crippen LogP contribution in [-0.2, 0) is 41.7 Å². The Labute approximate surface area is 685 Å².